The summed E-state index contributed by atoms with van der Waals surface area (Å²) >= 11 is 11.6. The monoisotopic (exact) mass is 326 g/mol. The molecule has 19 heavy (non-hydrogen) atoms. The Bertz CT molecular complexity index is 410. The molecule has 108 valence electrons. The Labute approximate surface area is 129 Å². The molecule has 0 aliphatic carbocycles. The Kier molecular flexibility index (Phi) is 8.34. The number of quaternary nitrogens is 1. The third-order valence-corrected chi connectivity index (χ3v) is 3.33. The quantitative estimate of drug-likeness (QED) is 0.307. The molecule has 1 rings (SSSR count). The second-order valence-electron chi connectivity index (χ2n) is 4.49. The molecule has 0 aliphatic heterocycles. The van der Waals surface area contributed by atoms with Crippen LogP contribution in [0.15, 0.2) is 24.3 Å². The highest BCUT2D eigenvalue weighted by Crippen LogP contribution is 2.22. The van der Waals surface area contributed by atoms with Crippen LogP contribution in [-0.4, -0.2) is 41.3 Å². The number of rotatable bonds is 7. The Morgan fingerprint density at radius 1 is 1.21 bits per heavy atom. The lowest BCUT2D eigenvalue weighted by Gasteiger charge is -2.33. The van der Waals surface area contributed by atoms with E-state index in [-0.39, 0.29) is 23.0 Å². The van der Waals surface area contributed by atoms with Crippen molar-refractivity contribution >= 4 is 28.9 Å². The van der Waals surface area contributed by atoms with Crippen molar-refractivity contribution in [3.05, 3.63) is 39.9 Å². The van der Waals surface area contributed by atoms with Crippen molar-refractivity contribution in [1.82, 2.24) is 0 Å². The van der Waals surface area contributed by atoms with Gasteiger partial charge in [-0.3, -0.25) is 10.1 Å². The first-order valence-corrected chi connectivity index (χ1v) is 6.77. The molecule has 0 N–H and O–H groups in total. The third-order valence-electron chi connectivity index (χ3n) is 2.99. The van der Waals surface area contributed by atoms with Crippen LogP contribution in [0.25, 0.3) is 0 Å². The van der Waals surface area contributed by atoms with Crippen molar-refractivity contribution in [1.29, 1.82) is 0 Å². The lowest BCUT2D eigenvalue weighted by Crippen LogP contribution is -3.00. The van der Waals surface area contributed by atoms with Gasteiger partial charge < -0.3 is 16.9 Å². The van der Waals surface area contributed by atoms with E-state index in [4.69, 9.17) is 23.2 Å². The summed E-state index contributed by atoms with van der Waals surface area (Å²) < 4.78 is 0.609. The Morgan fingerprint density at radius 3 is 2.21 bits per heavy atom. The Balaban J connectivity index is 0.00000324. The summed E-state index contributed by atoms with van der Waals surface area (Å²) in [5.41, 5.74) is 0.881. The first-order chi connectivity index (χ1) is 8.52. The number of halogens is 3. The van der Waals surface area contributed by atoms with Crippen molar-refractivity contribution in [3.63, 3.8) is 0 Å². The minimum atomic E-state index is -0.346. The molecule has 4 nitrogen and oxygen atoms in total. The smallest absolute Gasteiger partial charge is 0.278 e. The van der Waals surface area contributed by atoms with Crippen LogP contribution in [0.2, 0.25) is 0 Å². The normalized spacial score (nSPS) is 10.9. The van der Waals surface area contributed by atoms with Gasteiger partial charge in [-0.1, -0.05) is 12.1 Å². The van der Waals surface area contributed by atoms with Crippen molar-refractivity contribution in [2.24, 2.45) is 0 Å². The number of nitrogens with zero attached hydrogens (tertiary/aromatic N) is 2. The predicted molar refractivity (Wildman–Crippen MR) is 74.2 cm³/mol. The zero-order valence-electron chi connectivity index (χ0n) is 10.7. The van der Waals surface area contributed by atoms with E-state index in [1.807, 2.05) is 13.1 Å². The first-order valence-electron chi connectivity index (χ1n) is 5.70. The van der Waals surface area contributed by atoms with Crippen LogP contribution in [0.4, 0.5) is 5.69 Å². The molecule has 0 fully saturated rings. The number of hydrogen-bond donors (Lipinski definition) is 0. The van der Waals surface area contributed by atoms with E-state index >= 15 is 0 Å². The van der Waals surface area contributed by atoms with E-state index in [0.29, 0.717) is 22.8 Å². The summed E-state index contributed by atoms with van der Waals surface area (Å²) in [7, 11) is 2.02. The predicted octanol–water partition coefficient (Wildman–Crippen LogP) is 0.0230. The molecule has 7 heteroatoms. The molecule has 0 atom stereocenters. The second-order valence-corrected chi connectivity index (χ2v) is 5.24. The van der Waals surface area contributed by atoms with Crippen LogP contribution in [0, 0.1) is 10.1 Å². The fourth-order valence-corrected chi connectivity index (χ4v) is 2.73. The fourth-order valence-electron chi connectivity index (χ4n) is 1.91. The molecule has 1 aromatic rings. The molecule has 0 aromatic heterocycles. The average molecular weight is 328 g/mol. The number of nitro benzene ring substituents is 1. The molecule has 0 saturated heterocycles. The number of alkyl halides is 2. The van der Waals surface area contributed by atoms with Gasteiger partial charge >= 0.3 is 0 Å². The van der Waals surface area contributed by atoms with Gasteiger partial charge in [0, 0.05) is 6.07 Å². The van der Waals surface area contributed by atoms with E-state index < -0.39 is 0 Å². The van der Waals surface area contributed by atoms with Crippen molar-refractivity contribution in [2.75, 3.05) is 31.9 Å². The maximum Gasteiger partial charge on any atom is 0.278 e. The zero-order chi connectivity index (χ0) is 13.6. The average Bonchev–Trinajstić information content (AvgIpc) is 2.29. The molecule has 0 unspecified atom stereocenters. The fraction of sp³-hybridized carbons (Fsp3) is 0.500. The molecule has 1 aromatic carbocycles. The third kappa shape index (κ3) is 5.53. The van der Waals surface area contributed by atoms with E-state index in [1.165, 1.54) is 6.07 Å². The maximum atomic E-state index is 11.0. The van der Waals surface area contributed by atoms with Gasteiger partial charge in [0.2, 0.25) is 0 Å². The number of para-hydroxylation sites is 1. The highest BCUT2D eigenvalue weighted by atomic mass is 35.5. The van der Waals surface area contributed by atoms with Crippen LogP contribution >= 0.6 is 23.2 Å². The number of benzene rings is 1. The highest BCUT2D eigenvalue weighted by Gasteiger charge is 2.25. The van der Waals surface area contributed by atoms with Crippen LogP contribution < -0.4 is 12.4 Å². The lowest BCUT2D eigenvalue weighted by molar-refractivity contribution is -0.918. The SMILES string of the molecule is C[N+](CCCl)(CCCl)Cc1ccccc1[N+](=O)[O-].[Cl-]. The van der Waals surface area contributed by atoms with Gasteiger partial charge in [0.15, 0.2) is 0 Å². The number of nitro groups is 1. The summed E-state index contributed by atoms with van der Waals surface area (Å²) in [5, 5.41) is 11.0. The number of hydrogen-bond acceptors (Lipinski definition) is 2. The van der Waals surface area contributed by atoms with E-state index in [1.54, 1.807) is 12.1 Å². The van der Waals surface area contributed by atoms with Crippen LogP contribution in [0.3, 0.4) is 0 Å². The molecule has 0 radical (unpaired) electrons. The van der Waals surface area contributed by atoms with E-state index in [2.05, 4.69) is 0 Å². The standard InChI is InChI=1S/C12H17Cl2N2O2.ClH/c1-16(8-6-13,9-7-14)10-11-4-2-3-5-12(11)15(17)18;/h2-5H,6-10H2,1H3;1H/q+1;/p-1. The van der Waals surface area contributed by atoms with Crippen molar-refractivity contribution < 1.29 is 21.8 Å². The largest absolute Gasteiger partial charge is 1.00 e. The first kappa shape index (κ1) is 18.4. The van der Waals surface area contributed by atoms with Gasteiger partial charge in [-0.25, -0.2) is 0 Å². The maximum absolute atomic E-state index is 11.0. The van der Waals surface area contributed by atoms with Gasteiger partial charge in [0.25, 0.3) is 5.69 Å². The molecule has 0 aliphatic rings. The van der Waals surface area contributed by atoms with Gasteiger partial charge in [-0.05, 0) is 6.07 Å². The molecular weight excluding hydrogens is 311 g/mol. The van der Waals surface area contributed by atoms with Gasteiger partial charge in [-0.15, -0.1) is 23.2 Å². The van der Waals surface area contributed by atoms with Crippen molar-refractivity contribution in [3.8, 4) is 0 Å². The van der Waals surface area contributed by atoms with Crippen LogP contribution in [0.5, 0.6) is 0 Å². The molecule has 0 amide bonds. The molecule has 0 saturated carbocycles. The van der Waals surface area contributed by atoms with E-state index in [0.717, 1.165) is 18.7 Å². The topological polar surface area (TPSA) is 43.1 Å². The minimum absolute atomic E-state index is 0. The van der Waals surface area contributed by atoms with Crippen LogP contribution in [0.1, 0.15) is 5.56 Å². The van der Waals surface area contributed by atoms with Crippen molar-refractivity contribution in [2.45, 2.75) is 6.54 Å². The summed E-state index contributed by atoms with van der Waals surface area (Å²) in [6.45, 7) is 2.04. The summed E-state index contributed by atoms with van der Waals surface area (Å²) in [4.78, 5) is 10.6. The highest BCUT2D eigenvalue weighted by molar-refractivity contribution is 6.18. The molecule has 0 heterocycles. The summed E-state index contributed by atoms with van der Waals surface area (Å²) in [5.74, 6) is 1.02. The second kappa shape index (κ2) is 8.59. The Morgan fingerprint density at radius 2 is 1.74 bits per heavy atom. The van der Waals surface area contributed by atoms with Gasteiger partial charge in [0.05, 0.1) is 42.4 Å². The molecular formula is C12H17Cl3N2O2. The molecule has 0 spiro atoms. The van der Waals surface area contributed by atoms with E-state index in [9.17, 15) is 10.1 Å². The van der Waals surface area contributed by atoms with Crippen LogP contribution in [-0.2, 0) is 6.54 Å². The Hall–Kier alpha value is -0.550. The molecule has 0 bridgehead atoms. The lowest BCUT2D eigenvalue weighted by atomic mass is 10.1. The summed E-state index contributed by atoms with van der Waals surface area (Å²) in [6.07, 6.45) is 0. The van der Waals surface area contributed by atoms with Gasteiger partial charge in [0.1, 0.15) is 6.54 Å². The zero-order valence-corrected chi connectivity index (χ0v) is 13.0. The van der Waals surface area contributed by atoms with Gasteiger partial charge in [-0.2, -0.15) is 0 Å². The summed E-state index contributed by atoms with van der Waals surface area (Å²) in [6, 6.07) is 6.81. The minimum Gasteiger partial charge on any atom is -1.00 e.